The number of Topliss-reactive ketones (excluding diaryl/α,β-unsaturated/α-hetero) is 2. The maximum Gasteiger partial charge on any atom is 0.331 e. The summed E-state index contributed by atoms with van der Waals surface area (Å²) >= 11 is 0. The van der Waals surface area contributed by atoms with Gasteiger partial charge in [0.2, 0.25) is 0 Å². The highest BCUT2D eigenvalue weighted by Gasteiger charge is 2.21. The molecule has 0 radical (unpaired) electrons. The summed E-state index contributed by atoms with van der Waals surface area (Å²) in [5.74, 6) is -0.915. The Bertz CT molecular complexity index is 275. The van der Waals surface area contributed by atoms with Crippen molar-refractivity contribution in [3.8, 4) is 0 Å². The molecule has 1 aliphatic rings. The summed E-state index contributed by atoms with van der Waals surface area (Å²) < 4.78 is 0. The van der Waals surface area contributed by atoms with Crippen LogP contribution in [-0.2, 0) is 19.2 Å². The molecule has 0 atom stereocenters. The molecule has 0 unspecified atom stereocenters. The summed E-state index contributed by atoms with van der Waals surface area (Å²) in [4.78, 5) is 36.4. The molecule has 0 heterocycles. The van der Waals surface area contributed by atoms with Crippen molar-refractivity contribution in [1.82, 2.24) is 0 Å². The summed E-state index contributed by atoms with van der Waals surface area (Å²) in [5.41, 5.74) is 0.330. The van der Waals surface area contributed by atoms with Gasteiger partial charge in [0.1, 0.15) is 11.6 Å². The van der Waals surface area contributed by atoms with Crippen LogP contribution in [0.25, 0.3) is 0 Å². The van der Waals surface area contributed by atoms with Crippen LogP contribution in [-0.4, -0.2) is 23.2 Å². The number of hydrogen-bond donors (Lipinski definition) is 0. The molecule has 1 saturated carbocycles. The van der Waals surface area contributed by atoms with Gasteiger partial charge in [-0.3, -0.25) is 9.59 Å². The third-order valence-electron chi connectivity index (χ3n) is 1.50. The molecule has 0 aromatic rings. The molecule has 5 nitrogen and oxygen atoms in total. The van der Waals surface area contributed by atoms with Gasteiger partial charge in [-0.15, -0.1) is 0 Å². The third kappa shape index (κ3) is 3.14. The van der Waals surface area contributed by atoms with Gasteiger partial charge in [0.15, 0.2) is 0 Å². The van der Waals surface area contributed by atoms with Crippen LogP contribution < -0.4 is 0 Å². The van der Waals surface area contributed by atoms with Crippen molar-refractivity contribution in [2.24, 2.45) is 5.16 Å². The fourth-order valence-corrected chi connectivity index (χ4v) is 1.06. The topological polar surface area (TPSA) is 72.8 Å². The van der Waals surface area contributed by atoms with Crippen molar-refractivity contribution in [3.05, 3.63) is 0 Å². The molecular formula is C8H9NO4. The van der Waals surface area contributed by atoms with Crippen LogP contribution in [0.3, 0.4) is 0 Å². The summed E-state index contributed by atoms with van der Waals surface area (Å²) in [7, 11) is 0. The number of oxime groups is 1. The SMILES string of the molecule is CC(=O)ON=C1CC(=O)CC(=O)C1. The maximum atomic E-state index is 10.9. The normalized spacial score (nSPS) is 17.2. The zero-order valence-corrected chi connectivity index (χ0v) is 7.20. The standard InChI is InChI=1S/C8H9NO4/c1-5(10)13-9-6-2-7(11)4-8(12)3-6/h2-4H2,1H3. The third-order valence-corrected chi connectivity index (χ3v) is 1.50. The molecule has 0 bridgehead atoms. The van der Waals surface area contributed by atoms with Crippen LogP contribution in [0.4, 0.5) is 0 Å². The first-order valence-electron chi connectivity index (χ1n) is 3.84. The average Bonchev–Trinajstić information content (AvgIpc) is 1.99. The molecule has 0 amide bonds. The molecular weight excluding hydrogens is 174 g/mol. The molecule has 5 heteroatoms. The highest BCUT2D eigenvalue weighted by atomic mass is 16.7. The second-order valence-electron chi connectivity index (χ2n) is 2.85. The lowest BCUT2D eigenvalue weighted by Gasteiger charge is -2.09. The lowest BCUT2D eigenvalue weighted by atomic mass is 9.96. The highest BCUT2D eigenvalue weighted by Crippen LogP contribution is 2.08. The van der Waals surface area contributed by atoms with E-state index < -0.39 is 5.97 Å². The van der Waals surface area contributed by atoms with Crippen LogP contribution in [0.2, 0.25) is 0 Å². The van der Waals surface area contributed by atoms with Crippen LogP contribution >= 0.6 is 0 Å². The van der Waals surface area contributed by atoms with Gasteiger partial charge < -0.3 is 4.84 Å². The van der Waals surface area contributed by atoms with Crippen molar-refractivity contribution < 1.29 is 19.2 Å². The second kappa shape index (κ2) is 3.93. The number of ketones is 2. The zero-order valence-electron chi connectivity index (χ0n) is 7.20. The molecule has 0 aromatic heterocycles. The van der Waals surface area contributed by atoms with E-state index in [1.807, 2.05) is 0 Å². The summed E-state index contributed by atoms with van der Waals surface area (Å²) in [5, 5.41) is 3.41. The Labute approximate surface area is 74.7 Å². The molecule has 1 fully saturated rings. The Hall–Kier alpha value is -1.52. The van der Waals surface area contributed by atoms with E-state index in [-0.39, 0.29) is 30.8 Å². The van der Waals surface area contributed by atoms with Crippen molar-refractivity contribution in [2.75, 3.05) is 0 Å². The van der Waals surface area contributed by atoms with Crippen molar-refractivity contribution >= 4 is 23.2 Å². The minimum Gasteiger partial charge on any atom is -0.319 e. The highest BCUT2D eigenvalue weighted by molar-refractivity contribution is 6.20. The number of carbonyl (C=O) groups is 3. The Morgan fingerprint density at radius 1 is 1.23 bits per heavy atom. The number of carbonyl (C=O) groups excluding carboxylic acids is 3. The molecule has 0 aromatic carbocycles. The van der Waals surface area contributed by atoms with Crippen LogP contribution in [0.5, 0.6) is 0 Å². The Balaban J connectivity index is 2.59. The van der Waals surface area contributed by atoms with Gasteiger partial charge in [0, 0.05) is 19.8 Å². The first-order valence-corrected chi connectivity index (χ1v) is 3.84. The summed E-state index contributed by atoms with van der Waals surface area (Å²) in [6, 6.07) is 0. The molecule has 1 rings (SSSR count). The van der Waals surface area contributed by atoms with E-state index >= 15 is 0 Å². The summed E-state index contributed by atoms with van der Waals surface area (Å²) in [6.45, 7) is 1.20. The molecule has 0 aliphatic heterocycles. The van der Waals surface area contributed by atoms with Gasteiger partial charge in [-0.1, -0.05) is 5.16 Å². The Kier molecular flexibility index (Phi) is 2.89. The predicted octanol–water partition coefficient (Wildman–Crippen LogP) is 0.228. The molecule has 0 spiro atoms. The molecule has 13 heavy (non-hydrogen) atoms. The molecule has 70 valence electrons. The van der Waals surface area contributed by atoms with Gasteiger partial charge in [-0.25, -0.2) is 4.79 Å². The van der Waals surface area contributed by atoms with E-state index in [1.165, 1.54) is 6.92 Å². The number of hydrogen-bond acceptors (Lipinski definition) is 5. The first-order chi connectivity index (χ1) is 6.08. The molecule has 1 aliphatic carbocycles. The maximum absolute atomic E-state index is 10.9. The van der Waals surface area contributed by atoms with Gasteiger partial charge in [-0.05, 0) is 0 Å². The molecule has 0 N–H and O–H groups in total. The molecule has 0 saturated heterocycles. The minimum absolute atomic E-state index is 0.0287. The van der Waals surface area contributed by atoms with Crippen molar-refractivity contribution in [2.45, 2.75) is 26.2 Å². The average molecular weight is 183 g/mol. The van der Waals surface area contributed by atoms with Gasteiger partial charge >= 0.3 is 5.97 Å². The van der Waals surface area contributed by atoms with E-state index in [0.717, 1.165) is 0 Å². The monoisotopic (exact) mass is 183 g/mol. The smallest absolute Gasteiger partial charge is 0.319 e. The van der Waals surface area contributed by atoms with E-state index in [0.29, 0.717) is 5.71 Å². The van der Waals surface area contributed by atoms with Crippen LogP contribution in [0.15, 0.2) is 5.16 Å². The number of rotatable bonds is 1. The fraction of sp³-hybridized carbons (Fsp3) is 0.500. The quantitative estimate of drug-likeness (QED) is 0.331. The van der Waals surface area contributed by atoms with E-state index in [4.69, 9.17) is 0 Å². The zero-order chi connectivity index (χ0) is 9.84. The van der Waals surface area contributed by atoms with E-state index in [1.54, 1.807) is 0 Å². The van der Waals surface area contributed by atoms with Crippen molar-refractivity contribution in [3.63, 3.8) is 0 Å². The predicted molar refractivity (Wildman–Crippen MR) is 43.1 cm³/mol. The lowest BCUT2D eigenvalue weighted by molar-refractivity contribution is -0.141. The van der Waals surface area contributed by atoms with Gasteiger partial charge in [0.25, 0.3) is 0 Å². The van der Waals surface area contributed by atoms with Crippen LogP contribution in [0.1, 0.15) is 26.2 Å². The van der Waals surface area contributed by atoms with E-state index in [2.05, 4.69) is 9.99 Å². The Morgan fingerprint density at radius 2 is 1.77 bits per heavy atom. The second-order valence-corrected chi connectivity index (χ2v) is 2.85. The van der Waals surface area contributed by atoms with Crippen molar-refractivity contribution in [1.29, 1.82) is 0 Å². The number of nitrogens with zero attached hydrogens (tertiary/aromatic N) is 1. The largest absolute Gasteiger partial charge is 0.331 e. The van der Waals surface area contributed by atoms with Gasteiger partial charge in [-0.2, -0.15) is 0 Å². The minimum atomic E-state index is -0.557. The fourth-order valence-electron chi connectivity index (χ4n) is 1.06. The summed E-state index contributed by atoms with van der Waals surface area (Å²) in [6.07, 6.45) is 0.192. The van der Waals surface area contributed by atoms with Gasteiger partial charge in [0.05, 0.1) is 12.1 Å². The Morgan fingerprint density at radius 3 is 2.23 bits per heavy atom. The van der Waals surface area contributed by atoms with Crippen LogP contribution in [0, 0.1) is 0 Å². The van der Waals surface area contributed by atoms with E-state index in [9.17, 15) is 14.4 Å². The lowest BCUT2D eigenvalue weighted by Crippen LogP contribution is -2.22. The first kappa shape index (κ1) is 9.57.